The molecule has 0 saturated heterocycles. The Morgan fingerprint density at radius 2 is 1.83 bits per heavy atom. The van der Waals surface area contributed by atoms with Crippen LogP contribution in [0.25, 0.3) is 22.6 Å². The molecule has 0 radical (unpaired) electrons. The fraction of sp³-hybridized carbons (Fsp3) is 0.231. The molecule has 0 spiro atoms. The summed E-state index contributed by atoms with van der Waals surface area (Å²) >= 11 is 0. The minimum absolute atomic E-state index is 0.388. The van der Waals surface area contributed by atoms with Gasteiger partial charge in [0, 0.05) is 23.7 Å². The molecule has 0 saturated carbocycles. The highest BCUT2D eigenvalue weighted by atomic mass is 16.5. The molecule has 4 rings (SSSR count). The maximum Gasteiger partial charge on any atom is 0.185 e. The summed E-state index contributed by atoms with van der Waals surface area (Å²) in [5, 5.41) is 8.56. The first-order valence-electron chi connectivity index (χ1n) is 11.5. The van der Waals surface area contributed by atoms with Gasteiger partial charge in [0.25, 0.3) is 0 Å². The molecule has 0 atom stereocenters. The van der Waals surface area contributed by atoms with E-state index >= 15 is 0 Å². The summed E-state index contributed by atoms with van der Waals surface area (Å²) in [6.45, 7) is 2.74. The smallest absolute Gasteiger partial charge is 0.185 e. The van der Waals surface area contributed by atoms with Gasteiger partial charge in [-0.3, -0.25) is 4.98 Å². The Kier molecular flexibility index (Phi) is 7.69. The molecular weight excluding hydrogens is 440 g/mol. The number of hydrazine groups is 1. The predicted octanol–water partition coefficient (Wildman–Crippen LogP) is 3.49. The van der Waals surface area contributed by atoms with E-state index in [0.29, 0.717) is 18.2 Å². The Morgan fingerprint density at radius 1 is 1.06 bits per heavy atom. The van der Waals surface area contributed by atoms with E-state index < -0.39 is 0 Å². The zero-order valence-electron chi connectivity index (χ0n) is 20.0. The SMILES string of the molecule is CCCCc1nc(-c2ccccc2OC)nn1Cc1ccc(-c2ccccc2/C(=N/N)NN)nc1. The van der Waals surface area contributed by atoms with Crippen molar-refractivity contribution in [2.75, 3.05) is 7.11 Å². The zero-order chi connectivity index (χ0) is 24.6. The van der Waals surface area contributed by atoms with Crippen LogP contribution in [0.1, 0.15) is 36.7 Å². The highest BCUT2D eigenvalue weighted by Crippen LogP contribution is 2.28. The highest BCUT2D eigenvalue weighted by Gasteiger charge is 2.16. The number of unbranched alkanes of at least 4 members (excludes halogenated alkanes) is 1. The molecule has 35 heavy (non-hydrogen) atoms. The number of hydrazone groups is 1. The number of rotatable bonds is 9. The van der Waals surface area contributed by atoms with Crippen LogP contribution in [-0.4, -0.2) is 32.7 Å². The summed E-state index contributed by atoms with van der Waals surface area (Å²) in [6, 6.07) is 19.5. The van der Waals surface area contributed by atoms with Gasteiger partial charge in [-0.15, -0.1) is 0 Å². The summed E-state index contributed by atoms with van der Waals surface area (Å²) < 4.78 is 7.48. The number of hydrogen-bond acceptors (Lipinski definition) is 7. The monoisotopic (exact) mass is 470 g/mol. The lowest BCUT2D eigenvalue weighted by Gasteiger charge is -2.11. The standard InChI is InChI=1S/C26H30N8O/c1-3-4-13-24-30-25(21-11-7-8-12-23(21)35-2)33-34(24)17-18-14-15-22(29-16-18)19-9-5-6-10-20(19)26(31-27)32-28/h5-12,14-16H,3-4,13,17,27-28H2,1-2H3,(H,31,32). The summed E-state index contributed by atoms with van der Waals surface area (Å²) in [5.74, 6) is 13.8. The quantitative estimate of drug-likeness (QED) is 0.148. The number of amidine groups is 1. The van der Waals surface area contributed by atoms with Gasteiger partial charge in [0.05, 0.1) is 24.9 Å². The first-order valence-corrected chi connectivity index (χ1v) is 11.5. The third-order valence-electron chi connectivity index (χ3n) is 5.73. The largest absolute Gasteiger partial charge is 0.496 e. The van der Waals surface area contributed by atoms with Crippen molar-refractivity contribution in [3.8, 4) is 28.4 Å². The molecule has 9 nitrogen and oxygen atoms in total. The number of benzene rings is 2. The number of ether oxygens (including phenoxy) is 1. The molecule has 0 aliphatic heterocycles. The Hall–Kier alpha value is -4.24. The van der Waals surface area contributed by atoms with Crippen molar-refractivity contribution >= 4 is 5.84 Å². The van der Waals surface area contributed by atoms with Gasteiger partial charge in [-0.25, -0.2) is 15.5 Å². The molecule has 0 fully saturated rings. The van der Waals surface area contributed by atoms with Gasteiger partial charge >= 0.3 is 0 Å². The van der Waals surface area contributed by atoms with E-state index in [1.165, 1.54) is 0 Å². The molecular formula is C26H30N8O. The minimum Gasteiger partial charge on any atom is -0.496 e. The van der Waals surface area contributed by atoms with Crippen LogP contribution in [0.5, 0.6) is 5.75 Å². The number of para-hydroxylation sites is 1. The van der Waals surface area contributed by atoms with Gasteiger partial charge in [0.15, 0.2) is 11.7 Å². The van der Waals surface area contributed by atoms with Gasteiger partial charge in [-0.2, -0.15) is 10.2 Å². The van der Waals surface area contributed by atoms with Gasteiger partial charge in [0.2, 0.25) is 0 Å². The molecule has 5 N–H and O–H groups in total. The Labute approximate surface area is 204 Å². The van der Waals surface area contributed by atoms with Crippen LogP contribution in [0.15, 0.2) is 72.0 Å². The maximum absolute atomic E-state index is 5.58. The first kappa shape index (κ1) is 23.9. The van der Waals surface area contributed by atoms with Crippen LogP contribution in [0.4, 0.5) is 0 Å². The molecule has 0 aliphatic carbocycles. The minimum atomic E-state index is 0.388. The molecule has 2 aromatic heterocycles. The Morgan fingerprint density at radius 3 is 2.51 bits per heavy atom. The molecule has 0 aliphatic rings. The normalized spacial score (nSPS) is 11.5. The van der Waals surface area contributed by atoms with Crippen LogP contribution in [0.2, 0.25) is 0 Å². The predicted molar refractivity (Wildman–Crippen MR) is 137 cm³/mol. The average molecular weight is 471 g/mol. The van der Waals surface area contributed by atoms with Gasteiger partial charge in [-0.1, -0.05) is 55.8 Å². The third-order valence-corrected chi connectivity index (χ3v) is 5.73. The summed E-state index contributed by atoms with van der Waals surface area (Å²) in [4.78, 5) is 9.54. The Balaban J connectivity index is 1.63. The van der Waals surface area contributed by atoms with Crippen molar-refractivity contribution in [1.29, 1.82) is 0 Å². The van der Waals surface area contributed by atoms with Crippen LogP contribution in [-0.2, 0) is 13.0 Å². The summed E-state index contributed by atoms with van der Waals surface area (Å²) in [6.07, 6.45) is 4.83. The molecule has 0 amide bonds. The second-order valence-corrected chi connectivity index (χ2v) is 8.03. The number of hydrogen-bond donors (Lipinski definition) is 3. The molecule has 180 valence electrons. The van der Waals surface area contributed by atoms with E-state index in [-0.39, 0.29) is 0 Å². The fourth-order valence-corrected chi connectivity index (χ4v) is 3.91. The second-order valence-electron chi connectivity index (χ2n) is 8.03. The lowest BCUT2D eigenvalue weighted by molar-refractivity contribution is 0.416. The molecule has 4 aromatic rings. The highest BCUT2D eigenvalue weighted by molar-refractivity contribution is 6.03. The number of aryl methyl sites for hydroxylation is 1. The lowest BCUT2D eigenvalue weighted by Crippen LogP contribution is -2.32. The van der Waals surface area contributed by atoms with Crippen molar-refractivity contribution in [2.24, 2.45) is 16.8 Å². The molecule has 2 aromatic carbocycles. The third kappa shape index (κ3) is 5.30. The number of nitrogens with one attached hydrogen (secondary N) is 1. The Bertz CT molecular complexity index is 1300. The fourth-order valence-electron chi connectivity index (χ4n) is 3.91. The van der Waals surface area contributed by atoms with E-state index in [1.54, 1.807) is 7.11 Å². The topological polar surface area (TPSA) is 129 Å². The van der Waals surface area contributed by atoms with Crippen LogP contribution >= 0.6 is 0 Å². The van der Waals surface area contributed by atoms with Gasteiger partial charge < -0.3 is 16.0 Å². The van der Waals surface area contributed by atoms with E-state index in [0.717, 1.165) is 58.8 Å². The van der Waals surface area contributed by atoms with Crippen LogP contribution < -0.4 is 21.8 Å². The van der Waals surface area contributed by atoms with Crippen molar-refractivity contribution in [3.63, 3.8) is 0 Å². The van der Waals surface area contributed by atoms with Crippen molar-refractivity contribution in [1.82, 2.24) is 25.2 Å². The van der Waals surface area contributed by atoms with E-state index in [1.807, 2.05) is 71.5 Å². The summed E-state index contributed by atoms with van der Waals surface area (Å²) in [7, 11) is 1.66. The molecule has 0 unspecified atom stereocenters. The first-order chi connectivity index (χ1) is 17.2. The second kappa shape index (κ2) is 11.3. The van der Waals surface area contributed by atoms with Crippen LogP contribution in [0.3, 0.4) is 0 Å². The molecule has 0 bridgehead atoms. The molecule has 2 heterocycles. The van der Waals surface area contributed by atoms with Crippen molar-refractivity contribution < 1.29 is 4.74 Å². The van der Waals surface area contributed by atoms with E-state index in [4.69, 9.17) is 31.5 Å². The zero-order valence-corrected chi connectivity index (χ0v) is 20.0. The summed E-state index contributed by atoms with van der Waals surface area (Å²) in [5.41, 5.74) is 6.88. The maximum atomic E-state index is 5.58. The van der Waals surface area contributed by atoms with Gasteiger partial charge in [-0.05, 0) is 30.2 Å². The van der Waals surface area contributed by atoms with Crippen LogP contribution in [0, 0.1) is 0 Å². The van der Waals surface area contributed by atoms with E-state index in [2.05, 4.69) is 17.5 Å². The van der Waals surface area contributed by atoms with E-state index in [9.17, 15) is 0 Å². The molecule has 9 heteroatoms. The number of nitrogens with two attached hydrogens (primary N) is 2. The number of aromatic nitrogens is 4. The number of pyridine rings is 1. The average Bonchev–Trinajstić information content (AvgIpc) is 3.31. The number of nitrogens with zero attached hydrogens (tertiary/aromatic N) is 5. The number of methoxy groups -OCH3 is 1. The van der Waals surface area contributed by atoms with Crippen molar-refractivity contribution in [2.45, 2.75) is 32.7 Å². The van der Waals surface area contributed by atoms with Crippen molar-refractivity contribution in [3.05, 3.63) is 83.8 Å². The van der Waals surface area contributed by atoms with Gasteiger partial charge in [0.1, 0.15) is 11.6 Å². The lowest BCUT2D eigenvalue weighted by atomic mass is 10.0.